The van der Waals surface area contributed by atoms with Crippen molar-refractivity contribution >= 4 is 35.8 Å². The zero-order valence-corrected chi connectivity index (χ0v) is 21.6. The lowest BCUT2D eigenvalue weighted by molar-refractivity contribution is -0.141. The summed E-state index contributed by atoms with van der Waals surface area (Å²) in [6.45, 7) is 4.14. The summed E-state index contributed by atoms with van der Waals surface area (Å²) >= 11 is 0. The van der Waals surface area contributed by atoms with Gasteiger partial charge in [0.2, 0.25) is 0 Å². The van der Waals surface area contributed by atoms with Crippen LogP contribution in [0.1, 0.15) is 26.7 Å². The summed E-state index contributed by atoms with van der Waals surface area (Å²) in [6, 6.07) is 32.5. The minimum absolute atomic E-state index is 0.185. The number of carboxylic acid groups (broad SMARTS) is 1. The van der Waals surface area contributed by atoms with Crippen LogP contribution in [0, 0.1) is 0 Å². The van der Waals surface area contributed by atoms with Crippen molar-refractivity contribution in [2.24, 2.45) is 0 Å². The zero-order chi connectivity index (χ0) is 25.2. The van der Waals surface area contributed by atoms with E-state index >= 15 is 0 Å². The molecule has 0 aliphatic carbocycles. The average Bonchev–Trinajstić information content (AvgIpc) is 2.81. The maximum absolute atomic E-state index is 10.3. The summed E-state index contributed by atoms with van der Waals surface area (Å²) in [4.78, 5) is 21.4. The highest BCUT2D eigenvalue weighted by molar-refractivity contribution is 7.79. The Kier molecular flexibility index (Phi) is 14.9. The number of aliphatic carboxylic acids is 1. The Hall–Kier alpha value is -3.01. The molecule has 0 saturated heterocycles. The molecule has 0 saturated carbocycles. The standard InChI is InChI=1S/C18H15P.C8H17NO2.C2H4O2/c1-4-10-16(11-5-1)19(17-12-6-2-7-13-17)18-14-8-3-9-15-18;1-8(10)11-7-5-4-6-9(2)3;1-2(3)4/h1-15H;4-7H2,1-3H3;1H3,(H,3,4)/p+1. The van der Waals surface area contributed by atoms with E-state index in [1.807, 2.05) is 14.1 Å². The Morgan fingerprint density at radius 2 is 1.09 bits per heavy atom. The number of carboxylic acids is 1. The molecular weight excluding hydrogens is 445 g/mol. The van der Waals surface area contributed by atoms with Crippen LogP contribution in [-0.2, 0) is 14.3 Å². The third kappa shape index (κ3) is 13.5. The van der Waals surface area contributed by atoms with Crippen LogP contribution >= 0.6 is 7.92 Å². The molecule has 1 N–H and O–H groups in total. The molecule has 0 fully saturated rings. The van der Waals surface area contributed by atoms with Gasteiger partial charge in [-0.25, -0.2) is 0 Å². The second-order valence-electron chi connectivity index (χ2n) is 7.84. The molecule has 0 aromatic heterocycles. The molecule has 3 aromatic carbocycles. The fourth-order valence-electron chi connectivity index (χ4n) is 3.06. The van der Waals surface area contributed by atoms with Gasteiger partial charge in [0.05, 0.1) is 14.5 Å². The fraction of sp³-hybridized carbons (Fsp3) is 0.286. The number of nitrogens with zero attached hydrogens (tertiary/aromatic N) is 1. The van der Waals surface area contributed by atoms with E-state index in [1.165, 1.54) is 22.8 Å². The Balaban J connectivity index is 0.000000329. The van der Waals surface area contributed by atoms with Gasteiger partial charge >= 0.3 is 5.97 Å². The van der Waals surface area contributed by atoms with Crippen LogP contribution < -0.4 is 15.9 Å². The first kappa shape index (κ1) is 29.0. The molecule has 0 heterocycles. The molecule has 0 spiro atoms. The van der Waals surface area contributed by atoms with Crippen molar-refractivity contribution in [3.63, 3.8) is 0 Å². The van der Waals surface area contributed by atoms with Crippen molar-refractivity contribution in [2.75, 3.05) is 27.2 Å². The molecule has 0 unspecified atom stereocenters. The van der Waals surface area contributed by atoms with E-state index in [4.69, 9.17) is 14.6 Å². The monoisotopic (exact) mass is 482 g/mol. The maximum atomic E-state index is 10.3. The van der Waals surface area contributed by atoms with E-state index < -0.39 is 13.9 Å². The molecule has 0 amide bonds. The normalized spacial score (nSPS) is 9.94. The van der Waals surface area contributed by atoms with Crippen molar-refractivity contribution in [3.8, 4) is 0 Å². The Bertz CT molecular complexity index is 836. The highest BCUT2D eigenvalue weighted by Gasteiger charge is 2.24. The second kappa shape index (κ2) is 17.5. The van der Waals surface area contributed by atoms with Gasteiger partial charge in [-0.3, -0.25) is 9.59 Å². The largest absolute Gasteiger partial charge is 0.481 e. The van der Waals surface area contributed by atoms with E-state index in [-0.39, 0.29) is 5.97 Å². The molecule has 0 bridgehead atoms. The van der Waals surface area contributed by atoms with Crippen LogP contribution in [0.4, 0.5) is 0 Å². The lowest BCUT2D eigenvalue weighted by atomic mass is 10.3. The van der Waals surface area contributed by atoms with Crippen LogP contribution in [0.25, 0.3) is 0 Å². The quantitative estimate of drug-likeness (QED) is 0.297. The Morgan fingerprint density at radius 1 is 0.735 bits per heavy atom. The maximum Gasteiger partial charge on any atom is 0.302 e. The van der Waals surface area contributed by atoms with Crippen LogP contribution in [0.3, 0.4) is 0 Å². The van der Waals surface area contributed by atoms with Gasteiger partial charge in [0.1, 0.15) is 15.9 Å². The van der Waals surface area contributed by atoms with Crippen LogP contribution in [0.5, 0.6) is 0 Å². The SMILES string of the molecule is CC(=O)O.CC(=O)OCCCCN(C)C.c1ccc([PH+](c2ccccc2)c2ccccc2)cc1. The first-order valence-electron chi connectivity index (χ1n) is 11.3. The molecular formula is C28H37NO4P+. The second-order valence-corrected chi connectivity index (χ2v) is 10.3. The van der Waals surface area contributed by atoms with E-state index in [0.29, 0.717) is 6.61 Å². The number of hydrogen-bond donors (Lipinski definition) is 1. The van der Waals surface area contributed by atoms with Crippen molar-refractivity contribution in [2.45, 2.75) is 26.7 Å². The summed E-state index contributed by atoms with van der Waals surface area (Å²) in [7, 11) is 3.19. The van der Waals surface area contributed by atoms with Gasteiger partial charge in [0.25, 0.3) is 5.97 Å². The van der Waals surface area contributed by atoms with Crippen molar-refractivity contribution in [1.82, 2.24) is 4.90 Å². The molecule has 34 heavy (non-hydrogen) atoms. The van der Waals surface area contributed by atoms with Crippen molar-refractivity contribution < 1.29 is 19.4 Å². The summed E-state index contributed by atoms with van der Waals surface area (Å²) in [5, 5.41) is 11.7. The highest BCUT2D eigenvalue weighted by Crippen LogP contribution is 2.32. The number of rotatable bonds is 8. The lowest BCUT2D eigenvalue weighted by Crippen LogP contribution is -2.20. The van der Waals surface area contributed by atoms with Crippen molar-refractivity contribution in [1.29, 1.82) is 0 Å². The highest BCUT2D eigenvalue weighted by atomic mass is 31.1. The molecule has 3 aromatic rings. The number of hydrogen-bond acceptors (Lipinski definition) is 4. The molecule has 0 atom stereocenters. The molecule has 182 valence electrons. The van der Waals surface area contributed by atoms with Gasteiger partial charge in [0, 0.05) is 13.8 Å². The van der Waals surface area contributed by atoms with Crippen molar-refractivity contribution in [3.05, 3.63) is 91.0 Å². The van der Waals surface area contributed by atoms with Gasteiger partial charge in [-0.1, -0.05) is 54.6 Å². The first-order valence-corrected chi connectivity index (χ1v) is 12.8. The number of carbonyl (C=O) groups excluding carboxylic acids is 1. The molecule has 0 aliphatic heterocycles. The predicted molar refractivity (Wildman–Crippen MR) is 144 cm³/mol. The topological polar surface area (TPSA) is 66.8 Å². The summed E-state index contributed by atoms with van der Waals surface area (Å²) < 4.78 is 4.77. The minimum atomic E-state index is -0.877. The molecule has 3 rings (SSSR count). The summed E-state index contributed by atoms with van der Waals surface area (Å²) in [5.74, 6) is -1.02. The summed E-state index contributed by atoms with van der Waals surface area (Å²) in [5.41, 5.74) is 0. The van der Waals surface area contributed by atoms with E-state index in [9.17, 15) is 4.79 Å². The number of esters is 1. The van der Waals surface area contributed by atoms with Gasteiger partial charge < -0.3 is 14.7 Å². The first-order chi connectivity index (χ1) is 16.3. The smallest absolute Gasteiger partial charge is 0.302 e. The Morgan fingerprint density at radius 3 is 1.38 bits per heavy atom. The zero-order valence-electron chi connectivity index (χ0n) is 20.6. The van der Waals surface area contributed by atoms with Gasteiger partial charge in [-0.2, -0.15) is 0 Å². The molecule has 5 nitrogen and oxygen atoms in total. The van der Waals surface area contributed by atoms with Crippen LogP contribution in [0.15, 0.2) is 91.0 Å². The molecule has 0 radical (unpaired) electrons. The third-order valence-electron chi connectivity index (χ3n) is 4.49. The number of unbranched alkanes of at least 4 members (excludes halogenated alkanes) is 1. The predicted octanol–water partition coefficient (Wildman–Crippen LogP) is 4.16. The summed E-state index contributed by atoms with van der Waals surface area (Å²) in [6.07, 6.45) is 2.04. The Labute approximate surface area is 205 Å². The van der Waals surface area contributed by atoms with Gasteiger partial charge in [0.15, 0.2) is 0 Å². The van der Waals surface area contributed by atoms with Crippen LogP contribution in [-0.4, -0.2) is 49.2 Å². The van der Waals surface area contributed by atoms with Gasteiger partial charge in [-0.05, 0) is 69.9 Å². The van der Waals surface area contributed by atoms with Gasteiger partial charge in [-0.15, -0.1) is 0 Å². The fourth-order valence-corrected chi connectivity index (χ4v) is 5.64. The number of carbonyl (C=O) groups is 2. The molecule has 6 heteroatoms. The third-order valence-corrected chi connectivity index (χ3v) is 7.22. The van der Waals surface area contributed by atoms with E-state index in [2.05, 4.69) is 95.9 Å². The van der Waals surface area contributed by atoms with Crippen LogP contribution in [0.2, 0.25) is 0 Å². The number of ether oxygens (including phenoxy) is 1. The minimum Gasteiger partial charge on any atom is -0.481 e. The van der Waals surface area contributed by atoms with E-state index in [0.717, 1.165) is 26.3 Å². The van der Waals surface area contributed by atoms with E-state index in [1.54, 1.807) is 0 Å². The average molecular weight is 483 g/mol. The number of benzene rings is 3. The lowest BCUT2D eigenvalue weighted by Gasteiger charge is -2.10. The molecule has 0 aliphatic rings.